The number of carbonyl (C=O) groups is 2. The molecule has 0 radical (unpaired) electrons. The number of pyridine rings is 1. The molecule has 0 saturated carbocycles. The Morgan fingerprint density at radius 1 is 1.13 bits per heavy atom. The van der Waals surface area contributed by atoms with Gasteiger partial charge in [0.25, 0.3) is 5.91 Å². The summed E-state index contributed by atoms with van der Waals surface area (Å²) >= 11 is 6.21. The first-order valence-electron chi connectivity index (χ1n) is 9.32. The third-order valence-corrected chi connectivity index (χ3v) is 4.66. The second-order valence-electron chi connectivity index (χ2n) is 7.03. The lowest BCUT2D eigenvalue weighted by Crippen LogP contribution is -2.42. The van der Waals surface area contributed by atoms with Crippen LogP contribution in [-0.2, 0) is 11.2 Å². The maximum absolute atomic E-state index is 12.7. The first-order chi connectivity index (χ1) is 14.3. The number of aromatic nitrogens is 1. The van der Waals surface area contributed by atoms with Crippen LogP contribution >= 0.6 is 11.6 Å². The number of hydrogen-bond donors (Lipinski definition) is 3. The van der Waals surface area contributed by atoms with Crippen LogP contribution in [0, 0.1) is 0 Å². The lowest BCUT2D eigenvalue weighted by Gasteiger charge is -2.16. The fourth-order valence-electron chi connectivity index (χ4n) is 3.02. The molecule has 0 fully saturated rings. The number of amides is 1. The summed E-state index contributed by atoms with van der Waals surface area (Å²) < 4.78 is 5.63. The molecule has 0 aliphatic rings. The highest BCUT2D eigenvalue weighted by atomic mass is 35.5. The number of benzene rings is 2. The predicted octanol–water partition coefficient (Wildman–Crippen LogP) is 3.81. The molecule has 0 aliphatic carbocycles. The topological polar surface area (TPSA) is 109 Å². The van der Waals surface area contributed by atoms with E-state index in [0.717, 1.165) is 5.56 Å². The van der Waals surface area contributed by atoms with Crippen molar-refractivity contribution < 1.29 is 24.5 Å². The predicted molar refractivity (Wildman–Crippen MR) is 113 cm³/mol. The average molecular weight is 429 g/mol. The Labute approximate surface area is 178 Å². The first-order valence-corrected chi connectivity index (χ1v) is 9.70. The number of fused-ring (bicyclic) bond motifs is 1. The molecule has 0 spiro atoms. The van der Waals surface area contributed by atoms with E-state index in [1.807, 2.05) is 19.9 Å². The van der Waals surface area contributed by atoms with Gasteiger partial charge in [-0.2, -0.15) is 0 Å². The highest BCUT2D eigenvalue weighted by molar-refractivity contribution is 6.35. The summed E-state index contributed by atoms with van der Waals surface area (Å²) in [4.78, 5) is 28.4. The molecule has 2 aromatic carbocycles. The van der Waals surface area contributed by atoms with Crippen LogP contribution in [0.15, 0.2) is 48.5 Å². The Morgan fingerprint density at radius 2 is 1.83 bits per heavy atom. The van der Waals surface area contributed by atoms with Gasteiger partial charge in [0.1, 0.15) is 16.9 Å². The van der Waals surface area contributed by atoms with Crippen LogP contribution < -0.4 is 10.1 Å². The molecule has 3 N–H and O–H groups in total. The van der Waals surface area contributed by atoms with Crippen LogP contribution in [0.4, 0.5) is 0 Å². The highest BCUT2D eigenvalue weighted by Crippen LogP contribution is 2.34. The molecular weight excluding hydrogens is 408 g/mol. The number of aliphatic carboxylic acids is 1. The molecular formula is C22H21ClN2O5. The third kappa shape index (κ3) is 4.80. The number of nitrogens with one attached hydrogen (secondary N) is 1. The van der Waals surface area contributed by atoms with Crippen LogP contribution in [0.2, 0.25) is 5.15 Å². The fourth-order valence-corrected chi connectivity index (χ4v) is 3.27. The highest BCUT2D eigenvalue weighted by Gasteiger charge is 2.25. The van der Waals surface area contributed by atoms with Gasteiger partial charge in [0, 0.05) is 17.2 Å². The van der Waals surface area contributed by atoms with Crippen LogP contribution in [-0.4, -0.2) is 39.2 Å². The number of rotatable bonds is 7. The van der Waals surface area contributed by atoms with Crippen LogP contribution in [0.3, 0.4) is 0 Å². The molecule has 1 aromatic heterocycles. The van der Waals surface area contributed by atoms with Gasteiger partial charge in [-0.1, -0.05) is 41.9 Å². The van der Waals surface area contributed by atoms with Crippen LogP contribution in [0.5, 0.6) is 11.5 Å². The number of halogens is 1. The number of nitrogens with zero attached hydrogens (tertiary/aromatic N) is 1. The van der Waals surface area contributed by atoms with Crippen LogP contribution in [0.25, 0.3) is 10.8 Å². The first kappa shape index (κ1) is 21.4. The Kier molecular flexibility index (Phi) is 6.42. The van der Waals surface area contributed by atoms with Gasteiger partial charge in [0.15, 0.2) is 11.4 Å². The van der Waals surface area contributed by atoms with Crippen molar-refractivity contribution in [3.8, 4) is 11.5 Å². The van der Waals surface area contributed by atoms with E-state index in [-0.39, 0.29) is 28.8 Å². The molecule has 0 saturated heterocycles. The maximum Gasteiger partial charge on any atom is 0.326 e. The van der Waals surface area contributed by atoms with Gasteiger partial charge in [0.05, 0.1) is 6.10 Å². The van der Waals surface area contributed by atoms with Crippen molar-refractivity contribution in [2.45, 2.75) is 32.4 Å². The van der Waals surface area contributed by atoms with E-state index in [9.17, 15) is 19.8 Å². The van der Waals surface area contributed by atoms with Crippen molar-refractivity contribution in [2.75, 3.05) is 0 Å². The van der Waals surface area contributed by atoms with E-state index in [0.29, 0.717) is 11.1 Å². The summed E-state index contributed by atoms with van der Waals surface area (Å²) in [5.74, 6) is -1.94. The molecule has 1 atom stereocenters. The van der Waals surface area contributed by atoms with E-state index in [1.165, 1.54) is 0 Å². The lowest BCUT2D eigenvalue weighted by molar-refractivity contribution is -0.139. The molecule has 30 heavy (non-hydrogen) atoms. The molecule has 156 valence electrons. The minimum atomic E-state index is -1.20. The van der Waals surface area contributed by atoms with Gasteiger partial charge in [-0.3, -0.25) is 4.79 Å². The Bertz CT molecular complexity index is 1090. The van der Waals surface area contributed by atoms with Gasteiger partial charge < -0.3 is 20.3 Å². The van der Waals surface area contributed by atoms with Crippen LogP contribution in [0.1, 0.15) is 29.9 Å². The summed E-state index contributed by atoms with van der Waals surface area (Å²) in [6.07, 6.45) is -0.00455. The molecule has 0 bridgehead atoms. The summed E-state index contributed by atoms with van der Waals surface area (Å²) in [5.41, 5.74) is 0.392. The minimum absolute atomic E-state index is 0.0129. The second-order valence-corrected chi connectivity index (χ2v) is 7.39. The molecule has 1 heterocycles. The van der Waals surface area contributed by atoms with Crippen molar-refractivity contribution in [3.05, 3.63) is 64.9 Å². The normalized spacial score (nSPS) is 12.0. The summed E-state index contributed by atoms with van der Waals surface area (Å²) in [7, 11) is 0. The zero-order chi connectivity index (χ0) is 21.8. The van der Waals surface area contributed by atoms with E-state index >= 15 is 0 Å². The molecule has 1 amide bonds. The average Bonchev–Trinajstić information content (AvgIpc) is 2.70. The van der Waals surface area contributed by atoms with Crippen molar-refractivity contribution in [3.63, 3.8) is 0 Å². The lowest BCUT2D eigenvalue weighted by atomic mass is 10.1. The molecule has 3 aromatic rings. The van der Waals surface area contributed by atoms with Crippen molar-refractivity contribution in [1.82, 2.24) is 10.3 Å². The van der Waals surface area contributed by atoms with Crippen molar-refractivity contribution in [2.24, 2.45) is 0 Å². The number of carboxylic acids is 1. The second kappa shape index (κ2) is 9.00. The smallest absolute Gasteiger partial charge is 0.326 e. The third-order valence-electron chi connectivity index (χ3n) is 4.38. The zero-order valence-corrected chi connectivity index (χ0v) is 17.2. The standard InChI is InChI=1S/C22H21ClN2O5/c1-12(2)30-14-8-9-15-16(11-14)19(26)18(25-20(15)23)21(27)24-17(22(28)29)10-13-6-4-3-5-7-13/h3-9,11-12,17,26H,10H2,1-2H3,(H,24,27)(H,28,29)/t17-/m1/s1. The number of hydrogen-bond acceptors (Lipinski definition) is 5. The van der Waals surface area contributed by atoms with Gasteiger partial charge in [-0.05, 0) is 37.6 Å². The molecule has 8 heteroatoms. The summed E-state index contributed by atoms with van der Waals surface area (Å²) in [5, 5.41) is 23.3. The molecule has 3 rings (SSSR count). The van der Waals surface area contributed by atoms with E-state index in [4.69, 9.17) is 16.3 Å². The Hall–Kier alpha value is -3.32. The number of ether oxygens (including phenoxy) is 1. The molecule has 0 aliphatic heterocycles. The van der Waals surface area contributed by atoms with Crippen molar-refractivity contribution >= 4 is 34.2 Å². The number of carbonyl (C=O) groups excluding carboxylic acids is 1. The van der Waals surface area contributed by atoms with E-state index in [1.54, 1.807) is 42.5 Å². The minimum Gasteiger partial charge on any atom is -0.505 e. The maximum atomic E-state index is 12.7. The number of aromatic hydroxyl groups is 1. The monoisotopic (exact) mass is 428 g/mol. The summed E-state index contributed by atoms with van der Waals surface area (Å²) in [6.45, 7) is 3.72. The van der Waals surface area contributed by atoms with Gasteiger partial charge >= 0.3 is 5.97 Å². The number of carboxylic acid groups (broad SMARTS) is 1. The van der Waals surface area contributed by atoms with Crippen molar-refractivity contribution in [1.29, 1.82) is 0 Å². The van der Waals surface area contributed by atoms with E-state index < -0.39 is 23.7 Å². The zero-order valence-electron chi connectivity index (χ0n) is 16.4. The Balaban J connectivity index is 1.93. The quantitative estimate of drug-likeness (QED) is 0.494. The van der Waals surface area contributed by atoms with Gasteiger partial charge in [0.2, 0.25) is 0 Å². The largest absolute Gasteiger partial charge is 0.505 e. The molecule has 0 unspecified atom stereocenters. The fraction of sp³-hybridized carbons (Fsp3) is 0.227. The van der Waals surface area contributed by atoms with E-state index in [2.05, 4.69) is 10.3 Å². The SMILES string of the molecule is CC(C)Oc1ccc2c(Cl)nc(C(=O)N[C@H](Cc3ccccc3)C(=O)O)c(O)c2c1. The Morgan fingerprint density at radius 3 is 2.47 bits per heavy atom. The van der Waals surface area contributed by atoms with Gasteiger partial charge in [-0.15, -0.1) is 0 Å². The molecule has 7 nitrogen and oxygen atoms in total. The van der Waals surface area contributed by atoms with Gasteiger partial charge in [-0.25, -0.2) is 9.78 Å². The summed E-state index contributed by atoms with van der Waals surface area (Å²) in [6, 6.07) is 12.6.